The number of para-hydroxylation sites is 1. The molecule has 0 saturated heterocycles. The van der Waals surface area contributed by atoms with Crippen LogP contribution in [0.3, 0.4) is 0 Å². The molecule has 0 aliphatic rings. The van der Waals surface area contributed by atoms with Gasteiger partial charge in [0, 0.05) is 17.5 Å². The van der Waals surface area contributed by atoms with Gasteiger partial charge in [-0.25, -0.2) is 9.78 Å². The zero-order chi connectivity index (χ0) is 13.9. The summed E-state index contributed by atoms with van der Waals surface area (Å²) in [5.41, 5.74) is 1.87. The number of pyridine rings is 1. The topological polar surface area (TPSA) is 75.4 Å². The SMILES string of the molecule is O=C(O)c1cc(NCc2ccoc2)nc2ccccc12. The van der Waals surface area contributed by atoms with Crippen LogP contribution in [0.1, 0.15) is 15.9 Å². The lowest BCUT2D eigenvalue weighted by Gasteiger charge is -2.08. The van der Waals surface area contributed by atoms with Crippen LogP contribution in [0.25, 0.3) is 10.9 Å². The minimum atomic E-state index is -0.963. The highest BCUT2D eigenvalue weighted by atomic mass is 16.4. The molecule has 5 heteroatoms. The minimum Gasteiger partial charge on any atom is -0.478 e. The summed E-state index contributed by atoms with van der Waals surface area (Å²) in [6, 6.07) is 10.6. The molecule has 0 aliphatic carbocycles. The van der Waals surface area contributed by atoms with E-state index in [0.29, 0.717) is 23.3 Å². The van der Waals surface area contributed by atoms with Crippen molar-refractivity contribution in [3.05, 3.63) is 60.1 Å². The van der Waals surface area contributed by atoms with E-state index in [1.807, 2.05) is 12.1 Å². The number of carboxylic acids is 1. The molecule has 3 rings (SSSR count). The van der Waals surface area contributed by atoms with Gasteiger partial charge in [-0.15, -0.1) is 0 Å². The van der Waals surface area contributed by atoms with E-state index in [0.717, 1.165) is 5.56 Å². The van der Waals surface area contributed by atoms with Gasteiger partial charge in [0.2, 0.25) is 0 Å². The average Bonchev–Trinajstić information content (AvgIpc) is 2.97. The Balaban J connectivity index is 1.97. The third-order valence-electron chi connectivity index (χ3n) is 3.00. The van der Waals surface area contributed by atoms with Crippen LogP contribution in [-0.2, 0) is 6.54 Å². The van der Waals surface area contributed by atoms with Gasteiger partial charge < -0.3 is 14.8 Å². The summed E-state index contributed by atoms with van der Waals surface area (Å²) in [6.45, 7) is 0.529. The Morgan fingerprint density at radius 3 is 2.90 bits per heavy atom. The molecule has 0 unspecified atom stereocenters. The number of fused-ring (bicyclic) bond motifs is 1. The number of hydrogen-bond donors (Lipinski definition) is 2. The number of hydrogen-bond acceptors (Lipinski definition) is 4. The summed E-state index contributed by atoms with van der Waals surface area (Å²) in [7, 11) is 0. The zero-order valence-electron chi connectivity index (χ0n) is 10.5. The van der Waals surface area contributed by atoms with Crippen molar-refractivity contribution in [2.75, 3.05) is 5.32 Å². The normalized spacial score (nSPS) is 10.6. The average molecular weight is 268 g/mol. The summed E-state index contributed by atoms with van der Waals surface area (Å²) in [6.07, 6.45) is 3.22. The quantitative estimate of drug-likeness (QED) is 0.760. The Labute approximate surface area is 114 Å². The van der Waals surface area contributed by atoms with E-state index in [9.17, 15) is 9.90 Å². The Hall–Kier alpha value is -2.82. The van der Waals surface area contributed by atoms with E-state index in [4.69, 9.17) is 4.42 Å². The molecule has 1 aromatic carbocycles. The number of rotatable bonds is 4. The van der Waals surface area contributed by atoms with E-state index in [-0.39, 0.29) is 5.56 Å². The highest BCUT2D eigenvalue weighted by Gasteiger charge is 2.11. The molecular weight excluding hydrogens is 256 g/mol. The highest BCUT2D eigenvalue weighted by Crippen LogP contribution is 2.21. The Morgan fingerprint density at radius 2 is 2.15 bits per heavy atom. The number of anilines is 1. The second kappa shape index (κ2) is 5.05. The van der Waals surface area contributed by atoms with Crippen LogP contribution in [0.2, 0.25) is 0 Å². The van der Waals surface area contributed by atoms with Crippen molar-refractivity contribution in [2.24, 2.45) is 0 Å². The zero-order valence-corrected chi connectivity index (χ0v) is 10.5. The first-order chi connectivity index (χ1) is 9.74. The molecule has 0 amide bonds. The monoisotopic (exact) mass is 268 g/mol. The van der Waals surface area contributed by atoms with Crippen molar-refractivity contribution in [3.63, 3.8) is 0 Å². The van der Waals surface area contributed by atoms with Gasteiger partial charge in [0.05, 0.1) is 23.6 Å². The Morgan fingerprint density at radius 1 is 1.30 bits per heavy atom. The van der Waals surface area contributed by atoms with Gasteiger partial charge in [0.25, 0.3) is 0 Å². The third-order valence-corrected chi connectivity index (χ3v) is 3.00. The van der Waals surface area contributed by atoms with Crippen LogP contribution >= 0.6 is 0 Å². The second-order valence-electron chi connectivity index (χ2n) is 4.36. The number of benzene rings is 1. The van der Waals surface area contributed by atoms with Crippen molar-refractivity contribution >= 4 is 22.7 Å². The Bertz CT molecular complexity index is 751. The molecule has 2 heterocycles. The second-order valence-corrected chi connectivity index (χ2v) is 4.36. The number of furan rings is 1. The van der Waals surface area contributed by atoms with Gasteiger partial charge in [-0.3, -0.25) is 0 Å². The number of aromatic carboxylic acids is 1. The van der Waals surface area contributed by atoms with Crippen LogP contribution < -0.4 is 5.32 Å². The summed E-state index contributed by atoms with van der Waals surface area (Å²) < 4.78 is 4.98. The first kappa shape index (κ1) is 12.2. The van der Waals surface area contributed by atoms with Gasteiger partial charge >= 0.3 is 5.97 Å². The molecular formula is C15H12N2O3. The molecule has 0 fully saturated rings. The van der Waals surface area contributed by atoms with Crippen LogP contribution in [0.15, 0.2) is 53.3 Å². The molecule has 0 radical (unpaired) electrons. The fourth-order valence-electron chi connectivity index (χ4n) is 2.03. The predicted molar refractivity (Wildman–Crippen MR) is 74.7 cm³/mol. The van der Waals surface area contributed by atoms with Crippen LogP contribution in [0, 0.1) is 0 Å². The van der Waals surface area contributed by atoms with Gasteiger partial charge in [0.1, 0.15) is 5.82 Å². The number of aromatic nitrogens is 1. The standard InChI is InChI=1S/C15H12N2O3/c18-15(19)12-7-14(16-8-10-5-6-20-9-10)17-13-4-2-1-3-11(12)13/h1-7,9H,8H2,(H,16,17)(H,18,19). The van der Waals surface area contributed by atoms with E-state index in [1.165, 1.54) is 0 Å². The maximum absolute atomic E-state index is 11.3. The van der Waals surface area contributed by atoms with Crippen molar-refractivity contribution < 1.29 is 14.3 Å². The van der Waals surface area contributed by atoms with Gasteiger partial charge in [-0.05, 0) is 18.2 Å². The maximum atomic E-state index is 11.3. The van der Waals surface area contributed by atoms with Crippen LogP contribution in [-0.4, -0.2) is 16.1 Å². The summed E-state index contributed by atoms with van der Waals surface area (Å²) in [4.78, 5) is 15.7. The first-order valence-corrected chi connectivity index (χ1v) is 6.12. The number of nitrogens with one attached hydrogen (secondary N) is 1. The van der Waals surface area contributed by atoms with E-state index >= 15 is 0 Å². The lowest BCUT2D eigenvalue weighted by atomic mass is 10.1. The van der Waals surface area contributed by atoms with E-state index in [1.54, 1.807) is 36.8 Å². The number of carboxylic acid groups (broad SMARTS) is 1. The van der Waals surface area contributed by atoms with Crippen molar-refractivity contribution in [1.82, 2.24) is 4.98 Å². The molecule has 0 atom stereocenters. The molecule has 5 nitrogen and oxygen atoms in total. The number of carbonyl (C=O) groups is 1. The predicted octanol–water partition coefficient (Wildman–Crippen LogP) is 3.14. The number of nitrogens with zero attached hydrogens (tertiary/aromatic N) is 1. The van der Waals surface area contributed by atoms with Gasteiger partial charge in [0.15, 0.2) is 0 Å². The largest absolute Gasteiger partial charge is 0.478 e. The smallest absolute Gasteiger partial charge is 0.336 e. The molecule has 0 bridgehead atoms. The Kier molecular flexibility index (Phi) is 3.09. The van der Waals surface area contributed by atoms with E-state index < -0.39 is 5.97 Å². The molecule has 2 aromatic heterocycles. The van der Waals surface area contributed by atoms with Gasteiger partial charge in [-0.1, -0.05) is 18.2 Å². The molecule has 2 N–H and O–H groups in total. The van der Waals surface area contributed by atoms with Gasteiger partial charge in [-0.2, -0.15) is 0 Å². The summed E-state index contributed by atoms with van der Waals surface area (Å²) in [5.74, 6) is -0.433. The first-order valence-electron chi connectivity index (χ1n) is 6.12. The molecule has 0 spiro atoms. The molecule has 100 valence electrons. The van der Waals surface area contributed by atoms with Crippen molar-refractivity contribution in [2.45, 2.75) is 6.54 Å². The molecule has 20 heavy (non-hydrogen) atoms. The maximum Gasteiger partial charge on any atom is 0.336 e. The molecule has 0 aliphatic heterocycles. The van der Waals surface area contributed by atoms with E-state index in [2.05, 4.69) is 10.3 Å². The fourth-order valence-corrected chi connectivity index (χ4v) is 2.03. The lowest BCUT2D eigenvalue weighted by molar-refractivity contribution is 0.0699. The third kappa shape index (κ3) is 2.33. The molecule has 0 saturated carbocycles. The van der Waals surface area contributed by atoms with Crippen molar-refractivity contribution in [1.29, 1.82) is 0 Å². The fraction of sp³-hybridized carbons (Fsp3) is 0.0667. The summed E-state index contributed by atoms with van der Waals surface area (Å²) >= 11 is 0. The van der Waals surface area contributed by atoms with Crippen molar-refractivity contribution in [3.8, 4) is 0 Å². The molecule has 3 aromatic rings. The minimum absolute atomic E-state index is 0.241. The summed E-state index contributed by atoms with van der Waals surface area (Å²) in [5, 5.41) is 13.0. The highest BCUT2D eigenvalue weighted by molar-refractivity contribution is 6.03. The lowest BCUT2D eigenvalue weighted by Crippen LogP contribution is -2.05. The van der Waals surface area contributed by atoms with Crippen LogP contribution in [0.4, 0.5) is 5.82 Å². The van der Waals surface area contributed by atoms with Crippen LogP contribution in [0.5, 0.6) is 0 Å².